The van der Waals surface area contributed by atoms with Crippen molar-refractivity contribution in [1.29, 1.82) is 0 Å². The van der Waals surface area contributed by atoms with E-state index in [-0.39, 0.29) is 11.9 Å². The lowest BCUT2D eigenvalue weighted by Crippen LogP contribution is -2.35. The normalized spacial score (nSPS) is 17.2. The predicted octanol–water partition coefficient (Wildman–Crippen LogP) is 4.75. The lowest BCUT2D eigenvalue weighted by atomic mass is 9.92. The SMILES string of the molecule is Cc1ccc2c(c1)CCN(c1nc(C(O)c3ccc(F)cc3)nc(C)c1C)C2C. The molecule has 0 aliphatic carbocycles. The molecule has 2 aromatic carbocycles. The van der Waals surface area contributed by atoms with E-state index in [2.05, 4.69) is 41.9 Å². The first-order valence-electron chi connectivity index (χ1n) is 10.00. The first kappa shape index (κ1) is 19.5. The fourth-order valence-corrected chi connectivity index (χ4v) is 4.08. The van der Waals surface area contributed by atoms with E-state index in [1.165, 1.54) is 28.8 Å². The van der Waals surface area contributed by atoms with Crippen LogP contribution in [0.2, 0.25) is 0 Å². The highest BCUT2D eigenvalue weighted by Gasteiger charge is 2.28. The number of fused-ring (bicyclic) bond motifs is 1. The van der Waals surface area contributed by atoms with E-state index in [4.69, 9.17) is 4.98 Å². The van der Waals surface area contributed by atoms with Gasteiger partial charge in [-0.1, -0.05) is 35.9 Å². The molecule has 0 bridgehead atoms. The molecule has 2 unspecified atom stereocenters. The van der Waals surface area contributed by atoms with E-state index < -0.39 is 6.10 Å². The van der Waals surface area contributed by atoms with E-state index in [0.717, 1.165) is 30.0 Å². The number of rotatable bonds is 3. The summed E-state index contributed by atoms with van der Waals surface area (Å²) in [5.41, 5.74) is 6.42. The highest BCUT2D eigenvalue weighted by molar-refractivity contribution is 5.53. The molecular weight excluding hydrogens is 365 g/mol. The van der Waals surface area contributed by atoms with Crippen LogP contribution < -0.4 is 4.90 Å². The smallest absolute Gasteiger partial charge is 0.164 e. The van der Waals surface area contributed by atoms with E-state index >= 15 is 0 Å². The molecule has 0 fully saturated rings. The summed E-state index contributed by atoms with van der Waals surface area (Å²) in [6, 6.07) is 12.6. The van der Waals surface area contributed by atoms with Crippen molar-refractivity contribution in [2.24, 2.45) is 0 Å². The number of halogens is 1. The summed E-state index contributed by atoms with van der Waals surface area (Å²) in [6.45, 7) is 9.14. The number of nitrogens with zero attached hydrogens (tertiary/aromatic N) is 3. The monoisotopic (exact) mass is 391 g/mol. The van der Waals surface area contributed by atoms with Crippen molar-refractivity contribution in [2.45, 2.75) is 46.3 Å². The van der Waals surface area contributed by atoms with Gasteiger partial charge in [0.1, 0.15) is 17.7 Å². The van der Waals surface area contributed by atoms with Gasteiger partial charge in [0.2, 0.25) is 0 Å². The van der Waals surface area contributed by atoms with Crippen molar-refractivity contribution in [3.05, 3.63) is 87.6 Å². The quantitative estimate of drug-likeness (QED) is 0.700. The lowest BCUT2D eigenvalue weighted by molar-refractivity contribution is 0.209. The first-order valence-corrected chi connectivity index (χ1v) is 10.00. The third-order valence-corrected chi connectivity index (χ3v) is 5.92. The number of aryl methyl sites for hydroxylation is 2. The second-order valence-electron chi connectivity index (χ2n) is 7.89. The summed E-state index contributed by atoms with van der Waals surface area (Å²) < 4.78 is 13.2. The second-order valence-corrected chi connectivity index (χ2v) is 7.89. The topological polar surface area (TPSA) is 49.2 Å². The molecule has 2 heterocycles. The Morgan fingerprint density at radius 1 is 1.07 bits per heavy atom. The molecule has 0 saturated heterocycles. The summed E-state index contributed by atoms with van der Waals surface area (Å²) >= 11 is 0. The zero-order valence-corrected chi connectivity index (χ0v) is 17.3. The van der Waals surface area contributed by atoms with E-state index in [1.54, 1.807) is 12.1 Å². The van der Waals surface area contributed by atoms with Gasteiger partial charge in [0.05, 0.1) is 6.04 Å². The highest BCUT2D eigenvalue weighted by Crippen LogP contribution is 2.35. The fraction of sp³-hybridized carbons (Fsp3) is 0.333. The summed E-state index contributed by atoms with van der Waals surface area (Å²) in [6.07, 6.45) is -0.0386. The Balaban J connectivity index is 1.72. The molecule has 1 N–H and O–H groups in total. The minimum atomic E-state index is -0.997. The fourth-order valence-electron chi connectivity index (χ4n) is 4.08. The Morgan fingerprint density at radius 2 is 1.79 bits per heavy atom. The van der Waals surface area contributed by atoms with Gasteiger partial charge in [-0.2, -0.15) is 0 Å². The minimum absolute atomic E-state index is 0.183. The number of aliphatic hydroxyl groups is 1. The maximum atomic E-state index is 13.2. The molecule has 0 radical (unpaired) electrons. The van der Waals surface area contributed by atoms with Crippen LogP contribution in [0, 0.1) is 26.6 Å². The largest absolute Gasteiger partial charge is 0.380 e. The number of aliphatic hydroxyl groups excluding tert-OH is 1. The number of hydrogen-bond acceptors (Lipinski definition) is 4. The molecule has 1 aliphatic rings. The maximum absolute atomic E-state index is 13.2. The zero-order valence-electron chi connectivity index (χ0n) is 17.3. The van der Waals surface area contributed by atoms with Crippen LogP contribution in [0.5, 0.6) is 0 Å². The molecule has 29 heavy (non-hydrogen) atoms. The van der Waals surface area contributed by atoms with Gasteiger partial charge in [0.15, 0.2) is 5.82 Å². The van der Waals surface area contributed by atoms with Crippen molar-refractivity contribution in [2.75, 3.05) is 11.4 Å². The lowest BCUT2D eigenvalue weighted by Gasteiger charge is -2.37. The Morgan fingerprint density at radius 3 is 2.52 bits per heavy atom. The summed E-state index contributed by atoms with van der Waals surface area (Å²) in [5, 5.41) is 10.8. The van der Waals surface area contributed by atoms with Crippen LogP contribution in [0.3, 0.4) is 0 Å². The Hall–Kier alpha value is -2.79. The molecule has 0 amide bonds. The Labute approximate surface area is 171 Å². The van der Waals surface area contributed by atoms with Crippen LogP contribution in [-0.4, -0.2) is 21.6 Å². The Bertz CT molecular complexity index is 1050. The van der Waals surface area contributed by atoms with Gasteiger partial charge in [-0.3, -0.25) is 0 Å². The van der Waals surface area contributed by atoms with Gasteiger partial charge in [-0.05, 0) is 62.9 Å². The molecule has 150 valence electrons. The number of anilines is 1. The average molecular weight is 391 g/mol. The number of aromatic nitrogens is 2. The van der Waals surface area contributed by atoms with Gasteiger partial charge >= 0.3 is 0 Å². The molecule has 3 aromatic rings. The van der Waals surface area contributed by atoms with Gasteiger partial charge in [0.25, 0.3) is 0 Å². The average Bonchev–Trinajstić information content (AvgIpc) is 2.70. The van der Waals surface area contributed by atoms with E-state index in [1.807, 2.05) is 13.8 Å². The van der Waals surface area contributed by atoms with E-state index in [0.29, 0.717) is 11.4 Å². The second kappa shape index (κ2) is 7.56. The van der Waals surface area contributed by atoms with Crippen molar-refractivity contribution in [3.8, 4) is 0 Å². The molecule has 5 heteroatoms. The third kappa shape index (κ3) is 3.62. The van der Waals surface area contributed by atoms with Gasteiger partial charge in [-0.25, -0.2) is 14.4 Å². The van der Waals surface area contributed by atoms with Crippen LogP contribution in [0.4, 0.5) is 10.2 Å². The minimum Gasteiger partial charge on any atom is -0.380 e. The number of benzene rings is 2. The van der Waals surface area contributed by atoms with Gasteiger partial charge in [-0.15, -0.1) is 0 Å². The molecular formula is C24H26FN3O. The molecule has 4 rings (SSSR count). The Kier molecular flexibility index (Phi) is 5.09. The first-order chi connectivity index (χ1) is 13.8. The molecule has 4 nitrogen and oxygen atoms in total. The molecule has 1 aliphatic heterocycles. The van der Waals surface area contributed by atoms with Crippen molar-refractivity contribution in [1.82, 2.24) is 9.97 Å². The van der Waals surface area contributed by atoms with E-state index in [9.17, 15) is 9.50 Å². The number of hydrogen-bond donors (Lipinski definition) is 1. The maximum Gasteiger partial charge on any atom is 0.164 e. The summed E-state index contributed by atoms with van der Waals surface area (Å²) in [5.74, 6) is 0.864. The van der Waals surface area contributed by atoms with Crippen LogP contribution in [0.1, 0.15) is 58.4 Å². The summed E-state index contributed by atoms with van der Waals surface area (Å²) in [7, 11) is 0. The van der Waals surface area contributed by atoms with Crippen LogP contribution in [-0.2, 0) is 6.42 Å². The van der Waals surface area contributed by atoms with Crippen LogP contribution in [0.25, 0.3) is 0 Å². The molecule has 2 atom stereocenters. The van der Waals surface area contributed by atoms with Gasteiger partial charge < -0.3 is 10.0 Å². The van der Waals surface area contributed by atoms with Crippen molar-refractivity contribution >= 4 is 5.82 Å². The molecule has 0 saturated carbocycles. The third-order valence-electron chi connectivity index (χ3n) is 5.92. The van der Waals surface area contributed by atoms with Gasteiger partial charge in [0, 0.05) is 17.8 Å². The van der Waals surface area contributed by atoms with Crippen LogP contribution >= 0.6 is 0 Å². The predicted molar refractivity (Wildman–Crippen MR) is 113 cm³/mol. The molecule has 1 aromatic heterocycles. The molecule has 0 spiro atoms. The highest BCUT2D eigenvalue weighted by atomic mass is 19.1. The van der Waals surface area contributed by atoms with Crippen molar-refractivity contribution in [3.63, 3.8) is 0 Å². The van der Waals surface area contributed by atoms with Crippen LogP contribution in [0.15, 0.2) is 42.5 Å². The van der Waals surface area contributed by atoms with Crippen molar-refractivity contribution < 1.29 is 9.50 Å². The zero-order chi connectivity index (χ0) is 20.7. The standard InChI is InChI=1S/C24H26FN3O/c1-14-5-10-21-17(4)28(12-11-19(21)13-14)24-15(2)16(3)26-23(27-24)22(29)18-6-8-20(25)9-7-18/h5-10,13,17,22,29H,11-12H2,1-4H3. The summed E-state index contributed by atoms with van der Waals surface area (Å²) in [4.78, 5) is 11.6.